The van der Waals surface area contributed by atoms with Gasteiger partial charge in [0.2, 0.25) is 11.8 Å². The molecule has 0 radical (unpaired) electrons. The zero-order chi connectivity index (χ0) is 15.9. The van der Waals surface area contributed by atoms with Crippen LogP contribution in [0.3, 0.4) is 0 Å². The normalized spacial score (nSPS) is 16.9. The van der Waals surface area contributed by atoms with E-state index in [1.807, 2.05) is 0 Å². The minimum absolute atomic E-state index is 0.0810. The topological polar surface area (TPSA) is 61.9 Å². The zero-order valence-electron chi connectivity index (χ0n) is 13.8. The summed E-state index contributed by atoms with van der Waals surface area (Å²) in [5.41, 5.74) is -1.01. The maximum absolute atomic E-state index is 12.6. The Morgan fingerprint density at radius 2 is 1.81 bits per heavy atom. The van der Waals surface area contributed by atoms with Crippen molar-refractivity contribution >= 4 is 11.8 Å². The zero-order valence-corrected chi connectivity index (χ0v) is 13.8. The molecular formula is C15H29N3O3. The molecule has 1 saturated heterocycles. The van der Waals surface area contributed by atoms with Gasteiger partial charge in [0, 0.05) is 46.4 Å². The van der Waals surface area contributed by atoms with E-state index in [1.165, 1.54) is 0 Å². The van der Waals surface area contributed by atoms with Gasteiger partial charge in [-0.3, -0.25) is 9.59 Å². The van der Waals surface area contributed by atoms with Crippen molar-refractivity contribution in [3.8, 4) is 0 Å². The van der Waals surface area contributed by atoms with E-state index in [4.69, 9.17) is 4.74 Å². The molecule has 0 aromatic rings. The Bertz CT molecular complexity index is 350. The maximum atomic E-state index is 12.6. The molecule has 1 rings (SSSR count). The number of nitrogens with one attached hydrogen (secondary N) is 1. The van der Waals surface area contributed by atoms with Gasteiger partial charge in [-0.05, 0) is 26.8 Å². The fourth-order valence-corrected chi connectivity index (χ4v) is 2.40. The molecule has 6 heteroatoms. The minimum atomic E-state index is -1.01. The summed E-state index contributed by atoms with van der Waals surface area (Å²) in [6, 6.07) is 0. The van der Waals surface area contributed by atoms with Gasteiger partial charge in [0.05, 0.1) is 0 Å². The smallest absolute Gasteiger partial charge is 0.237 e. The number of likely N-dealkylation sites (N-methyl/N-ethyl adjacent to an activating group) is 1. The van der Waals surface area contributed by atoms with Gasteiger partial charge in [-0.2, -0.15) is 0 Å². The highest BCUT2D eigenvalue weighted by Gasteiger charge is 2.39. The number of nitrogens with zero attached hydrogens (tertiary/aromatic N) is 2. The quantitative estimate of drug-likeness (QED) is 0.543. The van der Waals surface area contributed by atoms with Gasteiger partial charge in [0.25, 0.3) is 0 Å². The molecule has 1 N–H and O–H groups in total. The van der Waals surface area contributed by atoms with Crippen molar-refractivity contribution in [2.24, 2.45) is 5.41 Å². The van der Waals surface area contributed by atoms with Crippen LogP contribution >= 0.6 is 0 Å². The van der Waals surface area contributed by atoms with E-state index in [1.54, 1.807) is 25.9 Å². The van der Waals surface area contributed by atoms with Gasteiger partial charge in [0.1, 0.15) is 5.41 Å². The molecule has 0 unspecified atom stereocenters. The number of carbonyl (C=O) groups is 2. The molecule has 2 amide bonds. The summed E-state index contributed by atoms with van der Waals surface area (Å²) in [6.45, 7) is 10.8. The summed E-state index contributed by atoms with van der Waals surface area (Å²) in [5.74, 6) is -0.288. The predicted molar refractivity (Wildman–Crippen MR) is 82.0 cm³/mol. The predicted octanol–water partition coefficient (Wildman–Crippen LogP) is 0.329. The third-order valence-corrected chi connectivity index (χ3v) is 4.02. The highest BCUT2D eigenvalue weighted by Crippen LogP contribution is 2.20. The summed E-state index contributed by atoms with van der Waals surface area (Å²) in [5, 5.41) is 2.82. The van der Waals surface area contributed by atoms with Crippen LogP contribution in [0.15, 0.2) is 0 Å². The SMILES string of the molecule is CCN1CCN(C(=O)C(C)(C)C(=O)NCCCOC)CC1. The molecule has 6 nitrogen and oxygen atoms in total. The number of carbonyl (C=O) groups excluding carboxylic acids is 2. The minimum Gasteiger partial charge on any atom is -0.385 e. The largest absolute Gasteiger partial charge is 0.385 e. The van der Waals surface area contributed by atoms with Crippen LogP contribution in [0, 0.1) is 5.41 Å². The molecule has 0 aromatic carbocycles. The summed E-state index contributed by atoms with van der Waals surface area (Å²) < 4.78 is 4.94. The van der Waals surface area contributed by atoms with E-state index in [0.717, 1.165) is 26.1 Å². The molecule has 0 aromatic heterocycles. The van der Waals surface area contributed by atoms with Crippen LogP contribution in [0.4, 0.5) is 0 Å². The van der Waals surface area contributed by atoms with Gasteiger partial charge >= 0.3 is 0 Å². The molecular weight excluding hydrogens is 270 g/mol. The summed E-state index contributed by atoms with van der Waals surface area (Å²) in [6.07, 6.45) is 0.752. The van der Waals surface area contributed by atoms with Crippen LogP contribution in [0.25, 0.3) is 0 Å². The Labute approximate surface area is 127 Å². The molecule has 1 aliphatic heterocycles. The number of hydrogen-bond acceptors (Lipinski definition) is 4. The van der Waals surface area contributed by atoms with Crippen LogP contribution in [0.1, 0.15) is 27.2 Å². The second kappa shape index (κ2) is 8.34. The highest BCUT2D eigenvalue weighted by molar-refractivity contribution is 6.04. The number of rotatable bonds is 7. The van der Waals surface area contributed by atoms with Crippen molar-refractivity contribution in [3.05, 3.63) is 0 Å². The number of ether oxygens (including phenoxy) is 1. The molecule has 0 spiro atoms. The summed E-state index contributed by atoms with van der Waals surface area (Å²) >= 11 is 0. The number of amides is 2. The fraction of sp³-hybridized carbons (Fsp3) is 0.867. The molecule has 1 aliphatic rings. The van der Waals surface area contributed by atoms with Crippen LogP contribution < -0.4 is 5.32 Å². The summed E-state index contributed by atoms with van der Waals surface area (Å²) in [4.78, 5) is 28.9. The Morgan fingerprint density at radius 3 is 2.33 bits per heavy atom. The Hall–Kier alpha value is -1.14. The van der Waals surface area contributed by atoms with Gasteiger partial charge < -0.3 is 19.9 Å². The first-order valence-corrected chi connectivity index (χ1v) is 7.72. The Morgan fingerprint density at radius 1 is 1.19 bits per heavy atom. The van der Waals surface area contributed by atoms with Gasteiger partial charge in [-0.15, -0.1) is 0 Å². The lowest BCUT2D eigenvalue weighted by atomic mass is 9.90. The molecule has 0 saturated carbocycles. The van der Waals surface area contributed by atoms with E-state index in [-0.39, 0.29) is 11.8 Å². The first-order chi connectivity index (χ1) is 9.93. The number of piperazine rings is 1. The Balaban J connectivity index is 2.48. The van der Waals surface area contributed by atoms with Crippen molar-refractivity contribution in [2.45, 2.75) is 27.2 Å². The lowest BCUT2D eigenvalue weighted by Gasteiger charge is -2.37. The number of methoxy groups -OCH3 is 1. The fourth-order valence-electron chi connectivity index (χ4n) is 2.40. The average Bonchev–Trinajstić information content (AvgIpc) is 2.50. The van der Waals surface area contributed by atoms with Gasteiger partial charge in [-0.1, -0.05) is 6.92 Å². The van der Waals surface area contributed by atoms with Gasteiger partial charge in [-0.25, -0.2) is 0 Å². The van der Waals surface area contributed by atoms with E-state index in [9.17, 15) is 9.59 Å². The van der Waals surface area contributed by atoms with Crippen molar-refractivity contribution in [1.29, 1.82) is 0 Å². The van der Waals surface area contributed by atoms with Crippen molar-refractivity contribution in [3.63, 3.8) is 0 Å². The average molecular weight is 299 g/mol. The van der Waals surface area contributed by atoms with Crippen LogP contribution in [0.2, 0.25) is 0 Å². The van der Waals surface area contributed by atoms with E-state index in [0.29, 0.717) is 26.2 Å². The molecule has 0 aliphatic carbocycles. The molecule has 1 heterocycles. The van der Waals surface area contributed by atoms with Crippen molar-refractivity contribution in [2.75, 3.05) is 53.0 Å². The second-order valence-electron chi connectivity index (χ2n) is 5.95. The van der Waals surface area contributed by atoms with Gasteiger partial charge in [0.15, 0.2) is 0 Å². The first-order valence-electron chi connectivity index (χ1n) is 7.72. The van der Waals surface area contributed by atoms with E-state index >= 15 is 0 Å². The lowest BCUT2D eigenvalue weighted by Crippen LogP contribution is -2.55. The monoisotopic (exact) mass is 299 g/mol. The second-order valence-corrected chi connectivity index (χ2v) is 5.95. The lowest BCUT2D eigenvalue weighted by molar-refractivity contribution is -0.149. The number of hydrogen-bond donors (Lipinski definition) is 1. The first kappa shape index (κ1) is 17.9. The molecule has 1 fully saturated rings. The third-order valence-electron chi connectivity index (χ3n) is 4.02. The molecule has 0 atom stereocenters. The molecule has 0 bridgehead atoms. The third kappa shape index (κ3) is 4.97. The van der Waals surface area contributed by atoms with Crippen LogP contribution in [-0.2, 0) is 14.3 Å². The summed E-state index contributed by atoms with van der Waals surface area (Å²) in [7, 11) is 1.63. The molecule has 21 heavy (non-hydrogen) atoms. The van der Waals surface area contributed by atoms with E-state index in [2.05, 4.69) is 17.1 Å². The van der Waals surface area contributed by atoms with Crippen LogP contribution in [0.5, 0.6) is 0 Å². The highest BCUT2D eigenvalue weighted by atomic mass is 16.5. The maximum Gasteiger partial charge on any atom is 0.237 e. The Kier molecular flexibility index (Phi) is 7.11. The van der Waals surface area contributed by atoms with Crippen molar-refractivity contribution < 1.29 is 14.3 Å². The van der Waals surface area contributed by atoms with Crippen molar-refractivity contribution in [1.82, 2.24) is 15.1 Å². The standard InChI is InChI=1S/C15H29N3O3/c1-5-17-8-10-18(11-9-17)14(20)15(2,3)13(19)16-7-6-12-21-4/h5-12H2,1-4H3,(H,16,19). The molecule has 122 valence electrons. The van der Waals surface area contributed by atoms with Crippen LogP contribution in [-0.4, -0.2) is 74.6 Å². The van der Waals surface area contributed by atoms with E-state index < -0.39 is 5.41 Å².